The van der Waals surface area contributed by atoms with Crippen molar-refractivity contribution in [2.75, 3.05) is 0 Å². The highest BCUT2D eigenvalue weighted by molar-refractivity contribution is 7.98. The summed E-state index contributed by atoms with van der Waals surface area (Å²) in [5, 5.41) is 9.53. The summed E-state index contributed by atoms with van der Waals surface area (Å²) in [5.41, 5.74) is 0.813. The van der Waals surface area contributed by atoms with E-state index < -0.39 is 0 Å². The van der Waals surface area contributed by atoms with Crippen molar-refractivity contribution in [1.82, 2.24) is 19.7 Å². The molecule has 3 aromatic rings. The molecule has 124 valence electrons. The molecule has 0 amide bonds. The summed E-state index contributed by atoms with van der Waals surface area (Å²) in [6.07, 6.45) is 4.09. The normalized spacial score (nSPS) is 14.2. The lowest BCUT2D eigenvalue weighted by Gasteiger charge is -2.05. The fourth-order valence-electron chi connectivity index (χ4n) is 2.60. The van der Waals surface area contributed by atoms with Gasteiger partial charge in [0, 0.05) is 18.0 Å². The summed E-state index contributed by atoms with van der Waals surface area (Å²) >= 11 is 1.57. The molecule has 0 spiro atoms. The quantitative estimate of drug-likeness (QED) is 0.625. The first-order valence-electron chi connectivity index (χ1n) is 8.01. The highest BCUT2D eigenvalue weighted by atomic mass is 32.2. The van der Waals surface area contributed by atoms with Crippen LogP contribution in [0.5, 0.6) is 0 Å². The highest BCUT2D eigenvalue weighted by Gasteiger charge is 2.30. The lowest BCUT2D eigenvalue weighted by Crippen LogP contribution is -2.01. The summed E-state index contributed by atoms with van der Waals surface area (Å²) in [6.45, 7) is 2.98. The zero-order chi connectivity index (χ0) is 16.5. The van der Waals surface area contributed by atoms with Gasteiger partial charge in [0.15, 0.2) is 10.9 Å². The summed E-state index contributed by atoms with van der Waals surface area (Å²) in [6, 6.07) is 6.19. The van der Waals surface area contributed by atoms with Gasteiger partial charge in [-0.2, -0.15) is 0 Å². The van der Waals surface area contributed by atoms with Crippen molar-refractivity contribution in [2.24, 2.45) is 0 Å². The van der Waals surface area contributed by atoms with Crippen LogP contribution >= 0.6 is 11.8 Å². The number of hydrogen-bond donors (Lipinski definition) is 0. The first-order chi connectivity index (χ1) is 11.7. The number of thioether (sulfide) groups is 1. The monoisotopic (exact) mass is 344 g/mol. The SMILES string of the molecule is CCn1c(SCc2ncc(-c3ccc(F)cc3)o2)nnc1C1CC1. The summed E-state index contributed by atoms with van der Waals surface area (Å²) in [7, 11) is 0. The van der Waals surface area contributed by atoms with Crippen molar-refractivity contribution in [1.29, 1.82) is 0 Å². The van der Waals surface area contributed by atoms with E-state index in [0.29, 0.717) is 23.3 Å². The predicted molar refractivity (Wildman–Crippen MR) is 89.1 cm³/mol. The van der Waals surface area contributed by atoms with Crippen LogP contribution in [0.1, 0.15) is 37.4 Å². The third-order valence-electron chi connectivity index (χ3n) is 4.01. The van der Waals surface area contributed by atoms with E-state index in [9.17, 15) is 4.39 Å². The van der Waals surface area contributed by atoms with Crippen LogP contribution in [-0.4, -0.2) is 19.7 Å². The highest BCUT2D eigenvalue weighted by Crippen LogP contribution is 2.40. The van der Waals surface area contributed by atoms with E-state index in [4.69, 9.17) is 4.42 Å². The van der Waals surface area contributed by atoms with Gasteiger partial charge in [-0.05, 0) is 44.0 Å². The van der Waals surface area contributed by atoms with Crippen molar-refractivity contribution >= 4 is 11.8 Å². The third kappa shape index (κ3) is 3.08. The Labute approximate surface area is 143 Å². The van der Waals surface area contributed by atoms with Gasteiger partial charge in [-0.3, -0.25) is 0 Å². The van der Waals surface area contributed by atoms with Crippen LogP contribution in [0.25, 0.3) is 11.3 Å². The standard InChI is InChI=1S/C17H17FN4OS/c1-2-22-16(12-3-4-12)20-21-17(22)24-10-15-19-9-14(23-15)11-5-7-13(18)8-6-11/h5-9,12H,2-4,10H2,1H3. The molecule has 1 aliphatic rings. The lowest BCUT2D eigenvalue weighted by atomic mass is 10.2. The molecule has 0 saturated heterocycles. The molecule has 1 aliphatic carbocycles. The molecule has 1 aromatic carbocycles. The van der Waals surface area contributed by atoms with Crippen LogP contribution in [0.15, 0.2) is 40.0 Å². The van der Waals surface area contributed by atoms with Gasteiger partial charge in [-0.25, -0.2) is 9.37 Å². The average Bonchev–Trinajstić information content (AvgIpc) is 3.19. The Morgan fingerprint density at radius 1 is 1.25 bits per heavy atom. The Hall–Kier alpha value is -2.15. The van der Waals surface area contributed by atoms with Gasteiger partial charge in [0.25, 0.3) is 0 Å². The maximum absolute atomic E-state index is 13.0. The molecule has 0 bridgehead atoms. The molecular weight excluding hydrogens is 327 g/mol. The summed E-state index contributed by atoms with van der Waals surface area (Å²) in [4.78, 5) is 4.30. The number of oxazole rings is 1. The Morgan fingerprint density at radius 2 is 2.04 bits per heavy atom. The van der Waals surface area contributed by atoms with Crippen molar-refractivity contribution in [3.63, 3.8) is 0 Å². The second-order valence-corrected chi connectivity index (χ2v) is 6.72. The van der Waals surface area contributed by atoms with Gasteiger partial charge in [-0.15, -0.1) is 10.2 Å². The van der Waals surface area contributed by atoms with Gasteiger partial charge in [0.1, 0.15) is 11.6 Å². The van der Waals surface area contributed by atoms with Gasteiger partial charge in [-0.1, -0.05) is 11.8 Å². The molecule has 0 unspecified atom stereocenters. The van der Waals surface area contributed by atoms with Crippen molar-refractivity contribution in [3.8, 4) is 11.3 Å². The fraction of sp³-hybridized carbons (Fsp3) is 0.353. The topological polar surface area (TPSA) is 56.7 Å². The maximum atomic E-state index is 13.0. The van der Waals surface area contributed by atoms with Crippen molar-refractivity contribution < 1.29 is 8.81 Å². The smallest absolute Gasteiger partial charge is 0.205 e. The number of aromatic nitrogens is 4. The van der Waals surface area contributed by atoms with Crippen LogP contribution in [0.4, 0.5) is 4.39 Å². The largest absolute Gasteiger partial charge is 0.440 e. The van der Waals surface area contributed by atoms with Crippen molar-refractivity contribution in [3.05, 3.63) is 48.0 Å². The van der Waals surface area contributed by atoms with E-state index >= 15 is 0 Å². The van der Waals surface area contributed by atoms with E-state index in [2.05, 4.69) is 26.7 Å². The second kappa shape index (κ2) is 6.39. The molecule has 24 heavy (non-hydrogen) atoms. The molecule has 7 heteroatoms. The molecule has 4 rings (SSSR count). The number of nitrogens with zero attached hydrogens (tertiary/aromatic N) is 4. The van der Waals surface area contributed by atoms with Gasteiger partial charge >= 0.3 is 0 Å². The van der Waals surface area contributed by atoms with E-state index in [0.717, 1.165) is 23.1 Å². The fourth-order valence-corrected chi connectivity index (χ4v) is 3.46. The molecule has 0 aliphatic heterocycles. The lowest BCUT2D eigenvalue weighted by molar-refractivity contribution is 0.529. The van der Waals surface area contributed by atoms with E-state index in [1.807, 2.05) is 0 Å². The van der Waals surface area contributed by atoms with Crippen LogP contribution in [-0.2, 0) is 12.3 Å². The predicted octanol–water partition coefficient (Wildman–Crippen LogP) is 4.26. The van der Waals surface area contributed by atoms with Gasteiger partial charge < -0.3 is 8.98 Å². The van der Waals surface area contributed by atoms with E-state index in [1.54, 1.807) is 30.1 Å². The molecule has 2 heterocycles. The molecular formula is C17H17FN4OS. The minimum absolute atomic E-state index is 0.264. The van der Waals surface area contributed by atoms with Gasteiger partial charge in [0.05, 0.1) is 11.9 Å². The zero-order valence-corrected chi connectivity index (χ0v) is 14.1. The Bertz CT molecular complexity index is 839. The van der Waals surface area contributed by atoms with Crippen LogP contribution < -0.4 is 0 Å². The first kappa shape index (κ1) is 15.4. The Kier molecular flexibility index (Phi) is 4.10. The molecule has 0 atom stereocenters. The number of hydrogen-bond acceptors (Lipinski definition) is 5. The number of halogens is 1. The Balaban J connectivity index is 1.46. The maximum Gasteiger partial charge on any atom is 0.205 e. The third-order valence-corrected chi connectivity index (χ3v) is 4.96. The number of rotatable bonds is 6. The Morgan fingerprint density at radius 3 is 2.75 bits per heavy atom. The average molecular weight is 344 g/mol. The van der Waals surface area contributed by atoms with Crippen LogP contribution in [0.3, 0.4) is 0 Å². The minimum atomic E-state index is -0.264. The summed E-state index contributed by atoms with van der Waals surface area (Å²) in [5.74, 6) is 3.26. The van der Waals surface area contributed by atoms with Gasteiger partial charge in [0.2, 0.25) is 5.89 Å². The number of benzene rings is 1. The second-order valence-electron chi connectivity index (χ2n) is 5.77. The molecule has 0 N–H and O–H groups in total. The summed E-state index contributed by atoms with van der Waals surface area (Å²) < 4.78 is 20.9. The van der Waals surface area contributed by atoms with E-state index in [-0.39, 0.29) is 5.82 Å². The minimum Gasteiger partial charge on any atom is -0.440 e. The van der Waals surface area contributed by atoms with Crippen LogP contribution in [0.2, 0.25) is 0 Å². The molecule has 1 fully saturated rings. The van der Waals surface area contributed by atoms with Crippen LogP contribution in [0, 0.1) is 5.82 Å². The molecule has 2 aromatic heterocycles. The van der Waals surface area contributed by atoms with Crippen molar-refractivity contribution in [2.45, 2.75) is 43.1 Å². The first-order valence-corrected chi connectivity index (χ1v) is 8.99. The molecule has 5 nitrogen and oxygen atoms in total. The molecule has 0 radical (unpaired) electrons. The molecule has 1 saturated carbocycles. The zero-order valence-electron chi connectivity index (χ0n) is 13.3. The van der Waals surface area contributed by atoms with E-state index in [1.165, 1.54) is 25.0 Å².